The zero-order chi connectivity index (χ0) is 10.9. The normalized spacial score (nSPS) is 9.93. The quantitative estimate of drug-likeness (QED) is 0.548. The number of nitrogens with zero attached hydrogens (tertiary/aromatic N) is 1. The van der Waals surface area contributed by atoms with E-state index in [2.05, 4.69) is 16.9 Å². The largest absolute Gasteiger partial charge is 0.493 e. The summed E-state index contributed by atoms with van der Waals surface area (Å²) >= 11 is 0. The van der Waals surface area contributed by atoms with Gasteiger partial charge in [-0.1, -0.05) is 6.08 Å². The Morgan fingerprint density at radius 2 is 2.47 bits per heavy atom. The van der Waals surface area contributed by atoms with Crippen molar-refractivity contribution < 1.29 is 4.74 Å². The van der Waals surface area contributed by atoms with Crippen molar-refractivity contribution in [3.8, 4) is 5.75 Å². The molecule has 0 aliphatic heterocycles. The Kier molecular flexibility index (Phi) is 5.48. The molecule has 1 rings (SSSR count). The second-order valence-electron chi connectivity index (χ2n) is 3.29. The molecule has 0 amide bonds. The van der Waals surface area contributed by atoms with Crippen molar-refractivity contribution >= 4 is 0 Å². The van der Waals surface area contributed by atoms with E-state index in [0.717, 1.165) is 37.4 Å². The van der Waals surface area contributed by atoms with Crippen molar-refractivity contribution in [3.05, 3.63) is 36.7 Å². The molecule has 0 saturated heterocycles. The maximum atomic E-state index is 5.58. The summed E-state index contributed by atoms with van der Waals surface area (Å²) in [6.45, 7) is 5.17. The van der Waals surface area contributed by atoms with E-state index >= 15 is 0 Å². The topological polar surface area (TPSA) is 34.1 Å². The molecule has 0 aromatic carbocycles. The fourth-order valence-corrected chi connectivity index (χ4v) is 1.24. The maximum Gasteiger partial charge on any atom is 0.122 e. The fourth-order valence-electron chi connectivity index (χ4n) is 1.24. The minimum atomic E-state index is 0.731. The number of rotatable bonds is 7. The molecule has 82 valence electrons. The SMILES string of the molecule is C=CCCCOc1ccnc(CNC)c1. The smallest absolute Gasteiger partial charge is 0.122 e. The molecule has 3 nitrogen and oxygen atoms in total. The van der Waals surface area contributed by atoms with Gasteiger partial charge in [0.05, 0.1) is 12.3 Å². The highest BCUT2D eigenvalue weighted by Gasteiger charge is 1.96. The molecule has 3 heteroatoms. The average molecular weight is 206 g/mol. The summed E-state index contributed by atoms with van der Waals surface area (Å²) in [6, 6.07) is 3.84. The van der Waals surface area contributed by atoms with Gasteiger partial charge in [-0.25, -0.2) is 0 Å². The first-order chi connectivity index (χ1) is 7.36. The number of nitrogens with one attached hydrogen (secondary N) is 1. The van der Waals surface area contributed by atoms with Gasteiger partial charge in [0.1, 0.15) is 5.75 Å². The van der Waals surface area contributed by atoms with E-state index in [0.29, 0.717) is 0 Å². The molecule has 0 aliphatic rings. The lowest BCUT2D eigenvalue weighted by Crippen LogP contribution is -2.07. The first kappa shape index (κ1) is 11.7. The molecule has 0 spiro atoms. The van der Waals surface area contributed by atoms with Gasteiger partial charge in [0.15, 0.2) is 0 Å². The summed E-state index contributed by atoms with van der Waals surface area (Å²) in [5, 5.41) is 3.06. The van der Waals surface area contributed by atoms with Crippen molar-refractivity contribution in [1.29, 1.82) is 0 Å². The van der Waals surface area contributed by atoms with Crippen LogP contribution in [0.15, 0.2) is 31.0 Å². The number of aromatic nitrogens is 1. The summed E-state index contributed by atoms with van der Waals surface area (Å²) in [7, 11) is 1.90. The van der Waals surface area contributed by atoms with E-state index in [1.165, 1.54) is 0 Å². The highest BCUT2D eigenvalue weighted by Crippen LogP contribution is 2.11. The molecule has 0 saturated carbocycles. The van der Waals surface area contributed by atoms with E-state index in [4.69, 9.17) is 4.74 Å². The Labute approximate surface area is 91.2 Å². The van der Waals surface area contributed by atoms with Crippen LogP contribution >= 0.6 is 0 Å². The van der Waals surface area contributed by atoms with Crippen LogP contribution in [0.5, 0.6) is 5.75 Å². The van der Waals surface area contributed by atoms with Crippen LogP contribution in [0.3, 0.4) is 0 Å². The molecule has 0 radical (unpaired) electrons. The molecular formula is C12H18N2O. The Morgan fingerprint density at radius 3 is 3.20 bits per heavy atom. The van der Waals surface area contributed by atoms with Crippen LogP contribution in [-0.2, 0) is 6.54 Å². The van der Waals surface area contributed by atoms with Crippen LogP contribution < -0.4 is 10.1 Å². The first-order valence-corrected chi connectivity index (χ1v) is 5.20. The lowest BCUT2D eigenvalue weighted by atomic mass is 10.3. The summed E-state index contributed by atoms with van der Waals surface area (Å²) < 4.78 is 5.58. The predicted molar refractivity (Wildman–Crippen MR) is 61.9 cm³/mol. The molecule has 1 N–H and O–H groups in total. The minimum Gasteiger partial charge on any atom is -0.493 e. The molecule has 0 aliphatic carbocycles. The molecule has 15 heavy (non-hydrogen) atoms. The van der Waals surface area contributed by atoms with Crippen molar-refractivity contribution in [2.24, 2.45) is 0 Å². The molecule has 1 aromatic heterocycles. The van der Waals surface area contributed by atoms with Crippen LogP contribution in [0.2, 0.25) is 0 Å². The lowest BCUT2D eigenvalue weighted by molar-refractivity contribution is 0.311. The molecule has 1 aromatic rings. The second-order valence-corrected chi connectivity index (χ2v) is 3.29. The number of hydrogen-bond acceptors (Lipinski definition) is 3. The van der Waals surface area contributed by atoms with Crippen LogP contribution in [-0.4, -0.2) is 18.6 Å². The highest BCUT2D eigenvalue weighted by molar-refractivity contribution is 5.22. The zero-order valence-corrected chi connectivity index (χ0v) is 9.20. The van der Waals surface area contributed by atoms with Gasteiger partial charge in [-0.3, -0.25) is 4.98 Å². The predicted octanol–water partition coefficient (Wildman–Crippen LogP) is 2.15. The number of allylic oxidation sites excluding steroid dienone is 1. The number of hydrogen-bond donors (Lipinski definition) is 1. The van der Waals surface area contributed by atoms with Gasteiger partial charge in [0.2, 0.25) is 0 Å². The van der Waals surface area contributed by atoms with Crippen LogP contribution in [0.25, 0.3) is 0 Å². The van der Waals surface area contributed by atoms with Gasteiger partial charge in [-0.15, -0.1) is 6.58 Å². The Hall–Kier alpha value is -1.35. The summed E-state index contributed by atoms with van der Waals surface area (Å²) in [5.41, 5.74) is 0.999. The van der Waals surface area contributed by atoms with Gasteiger partial charge >= 0.3 is 0 Å². The molecule has 0 unspecified atom stereocenters. The summed E-state index contributed by atoms with van der Waals surface area (Å²) in [4.78, 5) is 4.21. The third kappa shape index (κ3) is 4.61. The molecule has 0 fully saturated rings. The van der Waals surface area contributed by atoms with Crippen LogP contribution in [0, 0.1) is 0 Å². The van der Waals surface area contributed by atoms with E-state index in [-0.39, 0.29) is 0 Å². The number of ether oxygens (including phenoxy) is 1. The maximum absolute atomic E-state index is 5.58. The summed E-state index contributed by atoms with van der Waals surface area (Å²) in [6.07, 6.45) is 5.68. The Balaban J connectivity index is 2.39. The minimum absolute atomic E-state index is 0.731. The molecule has 1 heterocycles. The van der Waals surface area contributed by atoms with Crippen molar-refractivity contribution in [2.75, 3.05) is 13.7 Å². The van der Waals surface area contributed by atoms with Gasteiger partial charge < -0.3 is 10.1 Å². The third-order valence-electron chi connectivity index (χ3n) is 1.97. The van der Waals surface area contributed by atoms with Crippen molar-refractivity contribution in [2.45, 2.75) is 19.4 Å². The average Bonchev–Trinajstić information content (AvgIpc) is 2.26. The Bertz CT molecular complexity index is 299. The first-order valence-electron chi connectivity index (χ1n) is 5.20. The lowest BCUT2D eigenvalue weighted by Gasteiger charge is -2.06. The number of pyridine rings is 1. The van der Waals surface area contributed by atoms with E-state index in [1.54, 1.807) is 6.20 Å². The molecular weight excluding hydrogens is 188 g/mol. The Morgan fingerprint density at radius 1 is 1.60 bits per heavy atom. The molecule has 0 atom stereocenters. The zero-order valence-electron chi connectivity index (χ0n) is 9.20. The number of unbranched alkanes of at least 4 members (excludes halogenated alkanes) is 1. The van der Waals surface area contributed by atoms with Gasteiger partial charge in [-0.05, 0) is 26.0 Å². The third-order valence-corrected chi connectivity index (χ3v) is 1.97. The van der Waals surface area contributed by atoms with Crippen LogP contribution in [0.1, 0.15) is 18.5 Å². The molecule has 0 bridgehead atoms. The monoisotopic (exact) mass is 206 g/mol. The standard InChI is InChI=1S/C12H18N2O/c1-3-4-5-8-15-12-6-7-14-11(9-12)10-13-2/h3,6-7,9,13H,1,4-5,8,10H2,2H3. The second kappa shape index (κ2) is 7.01. The van der Waals surface area contributed by atoms with E-state index in [1.807, 2.05) is 25.3 Å². The van der Waals surface area contributed by atoms with Gasteiger partial charge in [-0.2, -0.15) is 0 Å². The van der Waals surface area contributed by atoms with Crippen molar-refractivity contribution in [1.82, 2.24) is 10.3 Å². The van der Waals surface area contributed by atoms with Gasteiger partial charge in [0, 0.05) is 18.8 Å². The van der Waals surface area contributed by atoms with Crippen LogP contribution in [0.4, 0.5) is 0 Å². The fraction of sp³-hybridized carbons (Fsp3) is 0.417. The van der Waals surface area contributed by atoms with Gasteiger partial charge in [0.25, 0.3) is 0 Å². The highest BCUT2D eigenvalue weighted by atomic mass is 16.5. The summed E-state index contributed by atoms with van der Waals surface area (Å²) in [5.74, 6) is 0.888. The van der Waals surface area contributed by atoms with E-state index < -0.39 is 0 Å². The van der Waals surface area contributed by atoms with Crippen molar-refractivity contribution in [3.63, 3.8) is 0 Å². The van der Waals surface area contributed by atoms with E-state index in [9.17, 15) is 0 Å².